The van der Waals surface area contributed by atoms with Gasteiger partial charge in [0.05, 0.1) is 6.10 Å². The third kappa shape index (κ3) is 5.66. The number of aliphatic hydroxyl groups excluding tert-OH is 1. The van der Waals surface area contributed by atoms with Gasteiger partial charge in [-0.15, -0.1) is 6.58 Å². The molecule has 0 saturated heterocycles. The van der Waals surface area contributed by atoms with E-state index in [1.165, 1.54) is 12.8 Å². The second kappa shape index (κ2) is 8.05. The Labute approximate surface area is 98.0 Å². The summed E-state index contributed by atoms with van der Waals surface area (Å²) in [6.45, 7) is 3.69. The second-order valence-corrected chi connectivity index (χ2v) is 4.14. The highest BCUT2D eigenvalue weighted by Crippen LogP contribution is 2.10. The molecular formula is C14H21NO. The van der Waals surface area contributed by atoms with Crippen molar-refractivity contribution in [1.82, 2.24) is 4.98 Å². The topological polar surface area (TPSA) is 33.1 Å². The van der Waals surface area contributed by atoms with Crippen molar-refractivity contribution in [3.8, 4) is 0 Å². The summed E-state index contributed by atoms with van der Waals surface area (Å²) in [5.74, 6) is 0. The largest absolute Gasteiger partial charge is 0.393 e. The summed E-state index contributed by atoms with van der Waals surface area (Å²) in [5, 5.41) is 9.82. The maximum atomic E-state index is 9.82. The number of rotatable bonds is 8. The average Bonchev–Trinajstić information content (AvgIpc) is 2.30. The third-order valence-corrected chi connectivity index (χ3v) is 2.67. The molecule has 0 radical (unpaired) electrons. The van der Waals surface area contributed by atoms with Gasteiger partial charge in [-0.2, -0.15) is 0 Å². The predicted octanol–water partition coefficient (Wildman–Crippen LogP) is 3.12. The molecule has 0 amide bonds. The fourth-order valence-electron chi connectivity index (χ4n) is 1.74. The summed E-state index contributed by atoms with van der Waals surface area (Å²) in [6.07, 6.45) is 11.5. The molecule has 1 aromatic heterocycles. The lowest BCUT2D eigenvalue weighted by atomic mass is 10.0. The smallest absolute Gasteiger partial charge is 0.0580 e. The lowest BCUT2D eigenvalue weighted by Gasteiger charge is -2.09. The van der Waals surface area contributed by atoms with Gasteiger partial charge in [-0.25, -0.2) is 0 Å². The first-order chi connectivity index (χ1) is 7.83. The molecule has 0 fully saturated rings. The van der Waals surface area contributed by atoms with Crippen LogP contribution in [0.15, 0.2) is 37.2 Å². The van der Waals surface area contributed by atoms with Crippen LogP contribution in [0.2, 0.25) is 0 Å². The lowest BCUT2D eigenvalue weighted by Crippen LogP contribution is -2.10. The molecule has 2 heteroatoms. The summed E-state index contributed by atoms with van der Waals surface area (Å²) in [5.41, 5.74) is 1.16. The zero-order valence-corrected chi connectivity index (χ0v) is 9.81. The quantitative estimate of drug-likeness (QED) is 0.538. The first kappa shape index (κ1) is 12.9. The fourth-order valence-corrected chi connectivity index (χ4v) is 1.74. The highest BCUT2D eigenvalue weighted by atomic mass is 16.3. The Balaban J connectivity index is 2.11. The molecule has 1 aromatic rings. The highest BCUT2D eigenvalue weighted by molar-refractivity contribution is 5.10. The molecule has 0 bridgehead atoms. The van der Waals surface area contributed by atoms with E-state index in [2.05, 4.69) is 11.6 Å². The number of hydrogen-bond acceptors (Lipinski definition) is 2. The van der Waals surface area contributed by atoms with Gasteiger partial charge in [-0.1, -0.05) is 18.9 Å². The summed E-state index contributed by atoms with van der Waals surface area (Å²) in [7, 11) is 0. The van der Waals surface area contributed by atoms with E-state index in [9.17, 15) is 5.11 Å². The number of unbranched alkanes of at least 4 members (excludes halogenated alkanes) is 3. The van der Waals surface area contributed by atoms with Gasteiger partial charge < -0.3 is 5.11 Å². The predicted molar refractivity (Wildman–Crippen MR) is 67.2 cm³/mol. The van der Waals surface area contributed by atoms with E-state index in [0.29, 0.717) is 0 Å². The van der Waals surface area contributed by atoms with E-state index >= 15 is 0 Å². The normalized spacial score (nSPS) is 12.3. The number of aromatic nitrogens is 1. The monoisotopic (exact) mass is 219 g/mol. The Kier molecular flexibility index (Phi) is 6.50. The Hall–Kier alpha value is -1.15. The van der Waals surface area contributed by atoms with Gasteiger partial charge in [0.2, 0.25) is 0 Å². The van der Waals surface area contributed by atoms with Crippen molar-refractivity contribution in [3.05, 3.63) is 42.7 Å². The van der Waals surface area contributed by atoms with E-state index in [1.54, 1.807) is 12.4 Å². The Morgan fingerprint density at radius 2 is 2.00 bits per heavy atom. The molecule has 88 valence electrons. The number of aliphatic hydroxyl groups is 1. The third-order valence-electron chi connectivity index (χ3n) is 2.67. The summed E-state index contributed by atoms with van der Waals surface area (Å²) in [6, 6.07) is 3.92. The van der Waals surface area contributed by atoms with E-state index in [1.807, 2.05) is 18.2 Å². The number of nitrogens with zero attached hydrogens (tertiary/aromatic N) is 1. The van der Waals surface area contributed by atoms with E-state index in [-0.39, 0.29) is 6.10 Å². The van der Waals surface area contributed by atoms with Gasteiger partial charge in [0.15, 0.2) is 0 Å². The van der Waals surface area contributed by atoms with Gasteiger partial charge in [0.25, 0.3) is 0 Å². The summed E-state index contributed by atoms with van der Waals surface area (Å²) < 4.78 is 0. The molecule has 0 aliphatic heterocycles. The molecule has 1 unspecified atom stereocenters. The van der Waals surface area contributed by atoms with Crippen molar-refractivity contribution < 1.29 is 5.11 Å². The number of hydrogen-bond donors (Lipinski definition) is 1. The minimum absolute atomic E-state index is 0.217. The zero-order valence-electron chi connectivity index (χ0n) is 9.81. The SMILES string of the molecule is C=CCCCCCC(O)Cc1ccncc1. The zero-order chi connectivity index (χ0) is 11.6. The summed E-state index contributed by atoms with van der Waals surface area (Å²) in [4.78, 5) is 3.96. The maximum absolute atomic E-state index is 9.82. The van der Waals surface area contributed by atoms with Gasteiger partial charge in [0, 0.05) is 12.4 Å². The molecule has 0 aliphatic carbocycles. The molecule has 0 aromatic carbocycles. The van der Waals surface area contributed by atoms with Gasteiger partial charge in [-0.3, -0.25) is 4.98 Å². The van der Waals surface area contributed by atoms with E-state index in [4.69, 9.17) is 0 Å². The molecule has 0 spiro atoms. The highest BCUT2D eigenvalue weighted by Gasteiger charge is 2.04. The van der Waals surface area contributed by atoms with Crippen LogP contribution in [0, 0.1) is 0 Å². The molecule has 1 heterocycles. The lowest BCUT2D eigenvalue weighted by molar-refractivity contribution is 0.161. The summed E-state index contributed by atoms with van der Waals surface area (Å²) >= 11 is 0. The molecule has 0 aliphatic rings. The van der Waals surface area contributed by atoms with Crippen molar-refractivity contribution in [2.45, 2.75) is 44.6 Å². The number of allylic oxidation sites excluding steroid dienone is 1. The molecule has 0 saturated carbocycles. The Bertz CT molecular complexity index is 284. The minimum Gasteiger partial charge on any atom is -0.393 e. The molecular weight excluding hydrogens is 198 g/mol. The van der Waals surface area contributed by atoms with Crippen LogP contribution < -0.4 is 0 Å². The van der Waals surface area contributed by atoms with Crippen LogP contribution in [0.4, 0.5) is 0 Å². The van der Waals surface area contributed by atoms with Crippen LogP contribution in [0.3, 0.4) is 0 Å². The average molecular weight is 219 g/mol. The second-order valence-electron chi connectivity index (χ2n) is 4.14. The fraction of sp³-hybridized carbons (Fsp3) is 0.500. The minimum atomic E-state index is -0.217. The van der Waals surface area contributed by atoms with Gasteiger partial charge in [-0.05, 0) is 43.4 Å². The van der Waals surface area contributed by atoms with Crippen LogP contribution >= 0.6 is 0 Å². The van der Waals surface area contributed by atoms with Crippen LogP contribution in [-0.2, 0) is 6.42 Å². The Morgan fingerprint density at radius 3 is 2.69 bits per heavy atom. The first-order valence-electron chi connectivity index (χ1n) is 6.01. The first-order valence-corrected chi connectivity index (χ1v) is 6.01. The van der Waals surface area contributed by atoms with Gasteiger partial charge in [0.1, 0.15) is 0 Å². The van der Waals surface area contributed by atoms with Gasteiger partial charge >= 0.3 is 0 Å². The van der Waals surface area contributed by atoms with Crippen molar-refractivity contribution in [2.75, 3.05) is 0 Å². The van der Waals surface area contributed by atoms with Crippen LogP contribution in [-0.4, -0.2) is 16.2 Å². The molecule has 16 heavy (non-hydrogen) atoms. The van der Waals surface area contributed by atoms with Crippen LogP contribution in [0.5, 0.6) is 0 Å². The number of pyridine rings is 1. The van der Waals surface area contributed by atoms with Crippen LogP contribution in [0.25, 0.3) is 0 Å². The molecule has 1 rings (SSSR count). The van der Waals surface area contributed by atoms with Crippen molar-refractivity contribution in [1.29, 1.82) is 0 Å². The van der Waals surface area contributed by atoms with E-state index < -0.39 is 0 Å². The van der Waals surface area contributed by atoms with Crippen molar-refractivity contribution >= 4 is 0 Å². The van der Waals surface area contributed by atoms with E-state index in [0.717, 1.165) is 31.2 Å². The Morgan fingerprint density at radius 1 is 1.25 bits per heavy atom. The molecule has 1 atom stereocenters. The van der Waals surface area contributed by atoms with Crippen molar-refractivity contribution in [2.24, 2.45) is 0 Å². The van der Waals surface area contributed by atoms with Crippen molar-refractivity contribution in [3.63, 3.8) is 0 Å². The van der Waals surface area contributed by atoms with Crippen LogP contribution in [0.1, 0.15) is 37.7 Å². The molecule has 2 nitrogen and oxygen atoms in total. The molecule has 1 N–H and O–H groups in total. The maximum Gasteiger partial charge on any atom is 0.0580 e. The standard InChI is InChI=1S/C14H21NO/c1-2-3-4-5-6-7-14(16)12-13-8-10-15-11-9-13/h2,8-11,14,16H,1,3-7,12H2.